The fourth-order valence-corrected chi connectivity index (χ4v) is 0.684. The van der Waals surface area contributed by atoms with Crippen molar-refractivity contribution < 1.29 is 13.2 Å². The van der Waals surface area contributed by atoms with E-state index in [2.05, 4.69) is 15.5 Å². The largest absolute Gasteiger partial charge is 0.405 e. The summed E-state index contributed by atoms with van der Waals surface area (Å²) in [6.45, 7) is 0.616. The third-order valence-electron chi connectivity index (χ3n) is 1.27. The quantitative estimate of drug-likeness (QED) is 0.773. The van der Waals surface area contributed by atoms with Gasteiger partial charge in [-0.25, -0.2) is 0 Å². The molecule has 0 amide bonds. The normalized spacial score (nSPS) is 11.4. The van der Waals surface area contributed by atoms with E-state index >= 15 is 0 Å². The zero-order valence-electron chi connectivity index (χ0n) is 6.89. The van der Waals surface area contributed by atoms with Gasteiger partial charge in [-0.15, -0.1) is 5.10 Å². The lowest BCUT2D eigenvalue weighted by Gasteiger charge is -2.07. The van der Waals surface area contributed by atoms with Crippen LogP contribution in [0.15, 0.2) is 12.1 Å². The highest BCUT2D eigenvalue weighted by Gasteiger charge is 2.26. The van der Waals surface area contributed by atoms with Gasteiger partial charge in [0, 0.05) is 0 Å². The summed E-state index contributed by atoms with van der Waals surface area (Å²) in [5.41, 5.74) is 0.664. The Morgan fingerprint density at radius 3 is 2.46 bits per heavy atom. The van der Waals surface area contributed by atoms with Crippen molar-refractivity contribution in [1.82, 2.24) is 10.2 Å². The first-order valence-electron chi connectivity index (χ1n) is 3.58. The molecule has 6 heteroatoms. The fourth-order valence-electron chi connectivity index (χ4n) is 0.684. The van der Waals surface area contributed by atoms with Crippen molar-refractivity contribution in [3.63, 3.8) is 0 Å². The van der Waals surface area contributed by atoms with Crippen molar-refractivity contribution >= 4 is 5.82 Å². The van der Waals surface area contributed by atoms with Crippen molar-refractivity contribution in [2.24, 2.45) is 0 Å². The van der Waals surface area contributed by atoms with Gasteiger partial charge in [0.25, 0.3) is 0 Å². The molecule has 72 valence electrons. The molecule has 1 aromatic rings. The third kappa shape index (κ3) is 3.73. The molecule has 0 aliphatic carbocycles. The molecule has 0 aliphatic rings. The van der Waals surface area contributed by atoms with E-state index in [-0.39, 0.29) is 5.82 Å². The van der Waals surface area contributed by atoms with E-state index in [1.807, 2.05) is 0 Å². The van der Waals surface area contributed by atoms with Gasteiger partial charge in [-0.1, -0.05) is 0 Å². The van der Waals surface area contributed by atoms with Gasteiger partial charge in [0.05, 0.1) is 5.69 Å². The van der Waals surface area contributed by atoms with Crippen LogP contribution in [0, 0.1) is 6.92 Å². The molecule has 1 heterocycles. The molecule has 0 aromatic carbocycles. The highest BCUT2D eigenvalue weighted by Crippen LogP contribution is 2.14. The molecule has 0 atom stereocenters. The standard InChI is InChI=1S/C7H8F3N3/c1-5-2-3-6(13-12-5)11-4-7(8,9)10/h2-3H,4H2,1H3,(H,11,13). The van der Waals surface area contributed by atoms with E-state index in [1.165, 1.54) is 6.07 Å². The number of nitrogens with one attached hydrogen (secondary N) is 1. The van der Waals surface area contributed by atoms with Crippen LogP contribution in [0.1, 0.15) is 5.69 Å². The average Bonchev–Trinajstić information content (AvgIpc) is 2.02. The molecular weight excluding hydrogens is 183 g/mol. The maximum atomic E-state index is 11.7. The van der Waals surface area contributed by atoms with E-state index in [9.17, 15) is 13.2 Å². The summed E-state index contributed by atoms with van der Waals surface area (Å²) >= 11 is 0. The number of rotatable bonds is 2. The van der Waals surface area contributed by atoms with E-state index in [4.69, 9.17) is 0 Å². The Morgan fingerprint density at radius 2 is 2.00 bits per heavy atom. The maximum Gasteiger partial charge on any atom is 0.405 e. The van der Waals surface area contributed by atoms with Crippen LogP contribution in [0.2, 0.25) is 0 Å². The zero-order chi connectivity index (χ0) is 9.90. The Morgan fingerprint density at radius 1 is 1.31 bits per heavy atom. The van der Waals surface area contributed by atoms with Crippen molar-refractivity contribution in [1.29, 1.82) is 0 Å². The number of anilines is 1. The maximum absolute atomic E-state index is 11.7. The van der Waals surface area contributed by atoms with Gasteiger partial charge in [0.15, 0.2) is 0 Å². The molecule has 0 aliphatic heterocycles. The van der Waals surface area contributed by atoms with Gasteiger partial charge in [-0.05, 0) is 19.1 Å². The van der Waals surface area contributed by atoms with E-state index < -0.39 is 12.7 Å². The highest BCUT2D eigenvalue weighted by molar-refractivity contribution is 5.32. The number of nitrogens with zero attached hydrogens (tertiary/aromatic N) is 2. The second-order valence-corrected chi connectivity index (χ2v) is 2.53. The minimum atomic E-state index is -4.23. The van der Waals surface area contributed by atoms with Crippen molar-refractivity contribution in [2.75, 3.05) is 11.9 Å². The van der Waals surface area contributed by atoms with Gasteiger partial charge in [-0.2, -0.15) is 18.3 Å². The van der Waals surface area contributed by atoms with Crippen LogP contribution >= 0.6 is 0 Å². The van der Waals surface area contributed by atoms with Gasteiger partial charge >= 0.3 is 6.18 Å². The summed E-state index contributed by atoms with van der Waals surface area (Å²) in [7, 11) is 0. The zero-order valence-corrected chi connectivity index (χ0v) is 6.89. The first-order valence-corrected chi connectivity index (χ1v) is 3.58. The highest BCUT2D eigenvalue weighted by atomic mass is 19.4. The average molecular weight is 191 g/mol. The van der Waals surface area contributed by atoms with Crippen LogP contribution in [-0.2, 0) is 0 Å². The second-order valence-electron chi connectivity index (χ2n) is 2.53. The molecule has 0 saturated carbocycles. The Hall–Kier alpha value is -1.33. The molecule has 0 spiro atoms. The van der Waals surface area contributed by atoms with Crippen LogP contribution in [-0.4, -0.2) is 22.9 Å². The van der Waals surface area contributed by atoms with E-state index in [1.54, 1.807) is 13.0 Å². The van der Waals surface area contributed by atoms with Crippen LogP contribution in [0.5, 0.6) is 0 Å². The molecule has 0 unspecified atom stereocenters. The van der Waals surface area contributed by atoms with Crippen LogP contribution in [0.3, 0.4) is 0 Å². The minimum Gasteiger partial charge on any atom is -0.360 e. The summed E-state index contributed by atoms with van der Waals surface area (Å²) in [6, 6.07) is 3.04. The lowest BCUT2D eigenvalue weighted by Crippen LogP contribution is -2.21. The summed E-state index contributed by atoms with van der Waals surface area (Å²) in [5, 5.41) is 9.23. The molecule has 1 aromatic heterocycles. The number of hydrogen-bond donors (Lipinski definition) is 1. The van der Waals surface area contributed by atoms with Crippen LogP contribution in [0.25, 0.3) is 0 Å². The molecule has 13 heavy (non-hydrogen) atoms. The van der Waals surface area contributed by atoms with Crippen LogP contribution < -0.4 is 5.32 Å². The molecule has 0 radical (unpaired) electrons. The molecular formula is C7H8F3N3. The molecule has 3 nitrogen and oxygen atoms in total. The molecule has 0 bridgehead atoms. The molecule has 0 saturated heterocycles. The Balaban J connectivity index is 2.51. The lowest BCUT2D eigenvalue weighted by molar-refractivity contribution is -0.115. The summed E-state index contributed by atoms with van der Waals surface area (Å²) < 4.78 is 35.1. The lowest BCUT2D eigenvalue weighted by atomic mass is 10.4. The Kier molecular flexibility index (Phi) is 2.69. The first kappa shape index (κ1) is 9.76. The van der Waals surface area contributed by atoms with Gasteiger partial charge < -0.3 is 5.32 Å². The van der Waals surface area contributed by atoms with Crippen LogP contribution in [0.4, 0.5) is 19.0 Å². The Labute approximate surface area is 73.0 Å². The SMILES string of the molecule is Cc1ccc(NCC(F)(F)F)nn1. The molecule has 0 fully saturated rings. The van der Waals surface area contributed by atoms with Gasteiger partial charge in [0.1, 0.15) is 12.4 Å². The minimum absolute atomic E-state index is 0.128. The van der Waals surface area contributed by atoms with Crippen molar-refractivity contribution in [3.05, 3.63) is 17.8 Å². The third-order valence-corrected chi connectivity index (χ3v) is 1.27. The number of hydrogen-bond acceptors (Lipinski definition) is 3. The number of aryl methyl sites for hydroxylation is 1. The predicted octanol–water partition coefficient (Wildman–Crippen LogP) is 1.76. The summed E-state index contributed by atoms with van der Waals surface area (Å²) in [5.74, 6) is 0.128. The Bertz CT molecular complexity index is 267. The summed E-state index contributed by atoms with van der Waals surface area (Å²) in [4.78, 5) is 0. The number of halogens is 3. The monoisotopic (exact) mass is 191 g/mol. The van der Waals surface area contributed by atoms with Crippen molar-refractivity contribution in [2.45, 2.75) is 13.1 Å². The van der Waals surface area contributed by atoms with E-state index in [0.717, 1.165) is 0 Å². The second kappa shape index (κ2) is 3.59. The van der Waals surface area contributed by atoms with Gasteiger partial charge in [0.2, 0.25) is 0 Å². The topological polar surface area (TPSA) is 37.8 Å². The van der Waals surface area contributed by atoms with E-state index in [0.29, 0.717) is 5.69 Å². The smallest absolute Gasteiger partial charge is 0.360 e. The molecule has 1 N–H and O–H groups in total. The molecule has 1 rings (SSSR count). The summed E-state index contributed by atoms with van der Waals surface area (Å²) in [6.07, 6.45) is -4.23. The first-order chi connectivity index (χ1) is 5.97. The fraction of sp³-hybridized carbons (Fsp3) is 0.429. The predicted molar refractivity (Wildman–Crippen MR) is 41.3 cm³/mol. The number of alkyl halides is 3. The van der Waals surface area contributed by atoms with Gasteiger partial charge in [-0.3, -0.25) is 0 Å². The van der Waals surface area contributed by atoms with Crippen molar-refractivity contribution in [3.8, 4) is 0 Å². The number of aromatic nitrogens is 2.